The molecule has 0 saturated carbocycles. The van der Waals surface area contributed by atoms with Crippen molar-refractivity contribution < 1.29 is 57.4 Å². The molecule has 0 radical (unpaired) electrons. The molecule has 2 saturated heterocycles. The maximum atomic E-state index is 13.6. The van der Waals surface area contributed by atoms with Crippen LogP contribution >= 0.6 is 46.1 Å². The van der Waals surface area contributed by atoms with Crippen molar-refractivity contribution in [1.29, 1.82) is 0 Å². The zero-order chi connectivity index (χ0) is 49.3. The Hall–Kier alpha value is -4.74. The molecule has 4 aromatic carbocycles. The monoisotopic (exact) mass is 1060 g/mol. The second-order valence-electron chi connectivity index (χ2n) is 16.1. The van der Waals surface area contributed by atoms with Crippen LogP contribution in [-0.4, -0.2) is 61.3 Å². The molecule has 2 atom stereocenters. The van der Waals surface area contributed by atoms with E-state index in [-0.39, 0.29) is 30.4 Å². The number of benzene rings is 4. The molecule has 6 aromatic rings. The zero-order valence-corrected chi connectivity index (χ0v) is 40.9. The van der Waals surface area contributed by atoms with Crippen LogP contribution in [0.2, 0.25) is 5.02 Å². The Morgan fingerprint density at radius 2 is 1.31 bits per heavy atom. The van der Waals surface area contributed by atoms with Gasteiger partial charge in [-0.25, -0.2) is 8.42 Å². The molecule has 23 heteroatoms. The molecule has 8 rings (SSSR count). The number of nitrogens with zero attached hydrogens (tertiary/aromatic N) is 1. The van der Waals surface area contributed by atoms with E-state index in [4.69, 9.17) is 37.6 Å². The first kappa shape index (κ1) is 51.1. The van der Waals surface area contributed by atoms with E-state index in [1.807, 2.05) is 6.07 Å². The van der Waals surface area contributed by atoms with Crippen LogP contribution in [0, 0.1) is 0 Å². The normalized spacial score (nSPS) is 18.7. The molecule has 0 bridgehead atoms. The third kappa shape index (κ3) is 11.5. The highest BCUT2D eigenvalue weighted by molar-refractivity contribution is 7.96. The summed E-state index contributed by atoms with van der Waals surface area (Å²) < 4.78 is 154. The predicted octanol–water partition coefficient (Wildman–Crippen LogP) is 11.9. The number of hydrogen-bond donors (Lipinski definition) is 3. The number of sulfonamides is 2. The van der Waals surface area contributed by atoms with Gasteiger partial charge in [-0.3, -0.25) is 4.72 Å². The van der Waals surface area contributed by atoms with E-state index in [0.717, 1.165) is 59.1 Å². The van der Waals surface area contributed by atoms with Crippen molar-refractivity contribution in [2.45, 2.75) is 58.7 Å². The van der Waals surface area contributed by atoms with Gasteiger partial charge in [0.2, 0.25) is 0 Å². The van der Waals surface area contributed by atoms with Gasteiger partial charge in [0, 0.05) is 66.3 Å². The lowest BCUT2D eigenvalue weighted by molar-refractivity contribution is -0.140. The van der Waals surface area contributed by atoms with Gasteiger partial charge in [-0.15, -0.1) is 22.7 Å². The minimum Gasteiger partial charge on any atom is -0.497 e. The predicted molar refractivity (Wildman–Crippen MR) is 253 cm³/mol. The Balaban J connectivity index is 0.000000202. The maximum Gasteiger partial charge on any atom is 0.419 e. The van der Waals surface area contributed by atoms with Crippen LogP contribution in [0.25, 0.3) is 22.3 Å². The molecule has 2 aliphatic rings. The highest BCUT2D eigenvalue weighted by Gasteiger charge is 2.41. The summed E-state index contributed by atoms with van der Waals surface area (Å²) in [6.45, 7) is 5.36. The molecule has 11 nitrogen and oxygen atoms in total. The van der Waals surface area contributed by atoms with Crippen LogP contribution in [0.5, 0.6) is 17.2 Å². The van der Waals surface area contributed by atoms with Crippen LogP contribution < -0.4 is 33.4 Å². The molecule has 68 heavy (non-hydrogen) atoms. The van der Waals surface area contributed by atoms with Gasteiger partial charge in [0.15, 0.2) is 0 Å². The lowest BCUT2D eigenvalue weighted by Gasteiger charge is -2.27. The Morgan fingerprint density at radius 1 is 0.721 bits per heavy atom. The van der Waals surface area contributed by atoms with Crippen LogP contribution in [0.15, 0.2) is 116 Å². The molecule has 0 aliphatic carbocycles. The second kappa shape index (κ2) is 19.9. The summed E-state index contributed by atoms with van der Waals surface area (Å²) in [5, 5.41) is 9.45. The van der Waals surface area contributed by atoms with Crippen LogP contribution in [0.1, 0.15) is 37.8 Å². The van der Waals surface area contributed by atoms with Gasteiger partial charge in [-0.05, 0) is 85.9 Å². The summed E-state index contributed by atoms with van der Waals surface area (Å²) in [5.74, 6) is -0.400. The van der Waals surface area contributed by atoms with Crippen LogP contribution in [-0.2, 0) is 32.4 Å². The number of halogens is 8. The quantitative estimate of drug-likeness (QED) is 0.0763. The lowest BCUT2D eigenvalue weighted by Crippen LogP contribution is -2.35. The number of thiophene rings is 2. The minimum absolute atomic E-state index is 0.0157. The van der Waals surface area contributed by atoms with E-state index in [0.29, 0.717) is 65.3 Å². The van der Waals surface area contributed by atoms with E-state index < -0.39 is 66.2 Å². The fraction of sp³-hybridized carbons (Fsp3) is 0.289. The first-order chi connectivity index (χ1) is 31.9. The SMILES string of the molecule is COc1cccc(-c2c(Cl)csc2S(=O)(=O)Nc2ccc(C(F)(F)F)c(O[C@]3(C)CCNC3)c2)c1.C[C@@]1(Oc2cc(N(Cl)S(=O)(=O)c3sccc3-c3ccccc3)ccc2C(F)(F)F)CCNC1. The molecule has 4 heterocycles. The Bertz CT molecular complexity index is 2980. The summed E-state index contributed by atoms with van der Waals surface area (Å²) in [6, 6.07) is 23.0. The largest absolute Gasteiger partial charge is 0.497 e. The van der Waals surface area contributed by atoms with Gasteiger partial charge in [-0.1, -0.05) is 54.1 Å². The standard InChI is InChI=1S/C23H22ClF3N2O4S2.C22H20ClF3N2O3S2/c1-22(8-9-28-13-22)33-19-11-15(6-7-17(19)23(25,26)27)29-35(30,31)21-20(18(24)12-34-21)14-4-3-5-16(10-14)32-2;1-21(10-11-27-14-21)31-19-13-16(7-8-18(19)22(24,25)26)28(23)33(29,30)20-17(9-12-32-20)15-5-3-2-4-6-15/h3-7,10-12,28-29H,8-9,13H2,1-2H3;2-9,12-13,27H,10-11,14H2,1H3/t22-;21-/m11/s1. The molecular formula is C45H42Cl2F6N4O7S4. The number of anilines is 2. The Morgan fingerprint density at radius 3 is 1.88 bits per heavy atom. The van der Waals surface area contributed by atoms with Crippen molar-refractivity contribution in [3.63, 3.8) is 0 Å². The molecule has 0 amide bonds. The highest BCUT2D eigenvalue weighted by Crippen LogP contribution is 2.45. The number of ether oxygens (including phenoxy) is 3. The maximum absolute atomic E-state index is 13.6. The topological polar surface area (TPSA) is 135 Å². The fourth-order valence-corrected chi connectivity index (χ4v) is 13.3. The molecule has 364 valence electrons. The number of rotatable bonds is 13. The van der Waals surface area contributed by atoms with E-state index in [1.165, 1.54) is 12.5 Å². The van der Waals surface area contributed by atoms with Gasteiger partial charge in [0.25, 0.3) is 20.0 Å². The van der Waals surface area contributed by atoms with Crippen molar-refractivity contribution >= 4 is 77.5 Å². The Labute approximate surface area is 407 Å². The Kier molecular flexibility index (Phi) is 15.0. The number of alkyl halides is 6. The third-order valence-electron chi connectivity index (χ3n) is 10.9. The summed E-state index contributed by atoms with van der Waals surface area (Å²) in [5.41, 5.74) is -1.97. The zero-order valence-electron chi connectivity index (χ0n) is 36.1. The summed E-state index contributed by atoms with van der Waals surface area (Å²) in [4.78, 5) is 0. The summed E-state index contributed by atoms with van der Waals surface area (Å²) in [6.07, 6.45) is -8.33. The number of nitrogens with one attached hydrogen (secondary N) is 3. The van der Waals surface area contributed by atoms with Gasteiger partial charge in [0.05, 0.1) is 34.6 Å². The van der Waals surface area contributed by atoms with Crippen molar-refractivity contribution in [1.82, 2.24) is 10.6 Å². The van der Waals surface area contributed by atoms with Crippen molar-refractivity contribution in [3.8, 4) is 39.5 Å². The molecule has 2 fully saturated rings. The van der Waals surface area contributed by atoms with Crippen molar-refractivity contribution in [3.05, 3.63) is 124 Å². The number of hydrogen-bond acceptors (Lipinski definition) is 11. The van der Waals surface area contributed by atoms with Gasteiger partial charge < -0.3 is 24.8 Å². The first-order valence-electron chi connectivity index (χ1n) is 20.4. The first-order valence-corrected chi connectivity index (χ1v) is 25.8. The van der Waals surface area contributed by atoms with Gasteiger partial charge in [0.1, 0.15) is 36.9 Å². The van der Waals surface area contributed by atoms with E-state index >= 15 is 0 Å². The average Bonchev–Trinajstić information content (AvgIpc) is 4.12. The molecule has 3 N–H and O–H groups in total. The molecule has 0 unspecified atom stereocenters. The smallest absolute Gasteiger partial charge is 0.419 e. The second-order valence-corrected chi connectivity index (χ2v) is 22.7. The van der Waals surface area contributed by atoms with Crippen molar-refractivity contribution in [2.75, 3.05) is 41.8 Å². The minimum atomic E-state index is -4.68. The van der Waals surface area contributed by atoms with Gasteiger partial charge in [-0.2, -0.15) is 38.6 Å². The van der Waals surface area contributed by atoms with E-state index in [9.17, 15) is 43.2 Å². The van der Waals surface area contributed by atoms with Crippen LogP contribution in [0.4, 0.5) is 37.7 Å². The third-order valence-corrected chi connectivity index (χ3v) is 17.9. The molecule has 0 spiro atoms. The van der Waals surface area contributed by atoms with Gasteiger partial charge >= 0.3 is 12.4 Å². The molecule has 2 aromatic heterocycles. The van der Waals surface area contributed by atoms with E-state index in [2.05, 4.69) is 15.4 Å². The van der Waals surface area contributed by atoms with Crippen molar-refractivity contribution in [2.24, 2.45) is 0 Å². The lowest BCUT2D eigenvalue weighted by atomic mass is 10.1. The highest BCUT2D eigenvalue weighted by atomic mass is 35.5. The average molecular weight is 1060 g/mol. The summed E-state index contributed by atoms with van der Waals surface area (Å²) in [7, 11) is -6.99. The number of methoxy groups -OCH3 is 1. The molecular weight excluding hydrogens is 1020 g/mol. The summed E-state index contributed by atoms with van der Waals surface area (Å²) >= 11 is 14.4. The van der Waals surface area contributed by atoms with E-state index in [1.54, 1.807) is 73.8 Å². The van der Waals surface area contributed by atoms with Crippen LogP contribution in [0.3, 0.4) is 0 Å². The fourth-order valence-electron chi connectivity index (χ4n) is 7.43. The molecule has 2 aliphatic heterocycles.